The van der Waals surface area contributed by atoms with Gasteiger partial charge >= 0.3 is 11.7 Å². The number of benzene rings is 2. The Labute approximate surface area is 167 Å². The van der Waals surface area contributed by atoms with Crippen LogP contribution in [0, 0.1) is 0 Å². The molecule has 0 spiro atoms. The fourth-order valence-electron chi connectivity index (χ4n) is 2.39. The molecule has 28 heavy (non-hydrogen) atoms. The maximum absolute atomic E-state index is 12.1. The summed E-state index contributed by atoms with van der Waals surface area (Å²) in [5.74, 6) is -1.35. The lowest BCUT2D eigenvalue weighted by atomic mass is 10.2. The van der Waals surface area contributed by atoms with Crippen molar-refractivity contribution < 1.29 is 22.7 Å². The average molecular weight is 468 g/mol. The summed E-state index contributed by atoms with van der Waals surface area (Å²) >= 11 is 3.29. The maximum Gasteiger partial charge on any atom is 0.338 e. The number of imidazole rings is 1. The summed E-state index contributed by atoms with van der Waals surface area (Å²) in [6.45, 7) is -0.541. The van der Waals surface area contributed by atoms with Crippen molar-refractivity contribution in [2.24, 2.45) is 0 Å². The number of H-pyrrole nitrogens is 2. The first-order chi connectivity index (χ1) is 13.1. The van der Waals surface area contributed by atoms with E-state index in [4.69, 9.17) is 4.74 Å². The largest absolute Gasteiger partial charge is 0.452 e. The van der Waals surface area contributed by atoms with E-state index in [-0.39, 0.29) is 16.1 Å². The highest BCUT2D eigenvalue weighted by atomic mass is 79.9. The topological polar surface area (TPSA) is 138 Å². The summed E-state index contributed by atoms with van der Waals surface area (Å²) < 4.78 is 28.3. The Morgan fingerprint density at radius 1 is 1.11 bits per heavy atom. The smallest absolute Gasteiger partial charge is 0.338 e. The van der Waals surface area contributed by atoms with E-state index in [0.29, 0.717) is 21.2 Å². The van der Waals surface area contributed by atoms with Crippen molar-refractivity contribution in [1.29, 1.82) is 0 Å². The number of hydrogen-bond donors (Lipinski definition) is 3. The number of carbonyl (C=O) groups excluding carboxylic acids is 2. The number of hydrogen-bond acceptors (Lipinski definition) is 6. The number of rotatable bonds is 5. The Morgan fingerprint density at radius 3 is 2.32 bits per heavy atom. The fourth-order valence-corrected chi connectivity index (χ4v) is 3.46. The van der Waals surface area contributed by atoms with E-state index in [2.05, 4.69) is 31.2 Å². The standard InChI is InChI=1S/C17H14BrN3O6S/c1-28(25,26)10-4-2-9(3-5-10)16(23)27-8-15(22)19-12-7-14-13(6-11(12)18)20-17(24)21-14/h2-7H,8H2,1H3,(H,19,22)(H2,20,21,24). The quantitative estimate of drug-likeness (QED) is 0.489. The molecular weight excluding hydrogens is 454 g/mol. The Hall–Kier alpha value is -2.92. The molecule has 0 aliphatic carbocycles. The van der Waals surface area contributed by atoms with Crippen LogP contribution in [0.15, 0.2) is 50.6 Å². The summed E-state index contributed by atoms with van der Waals surface area (Å²) in [4.78, 5) is 40.6. The van der Waals surface area contributed by atoms with Crippen LogP contribution in [-0.4, -0.2) is 43.1 Å². The average Bonchev–Trinajstić information content (AvgIpc) is 2.98. The predicted molar refractivity (Wildman–Crippen MR) is 105 cm³/mol. The third kappa shape index (κ3) is 4.49. The van der Waals surface area contributed by atoms with Gasteiger partial charge in [0, 0.05) is 10.7 Å². The van der Waals surface area contributed by atoms with E-state index in [1.165, 1.54) is 24.3 Å². The molecule has 0 radical (unpaired) electrons. The van der Waals surface area contributed by atoms with Gasteiger partial charge < -0.3 is 20.0 Å². The maximum atomic E-state index is 12.1. The normalized spacial score (nSPS) is 11.4. The van der Waals surface area contributed by atoms with E-state index in [1.807, 2.05) is 0 Å². The van der Waals surface area contributed by atoms with E-state index < -0.39 is 28.3 Å². The van der Waals surface area contributed by atoms with Crippen molar-refractivity contribution in [3.8, 4) is 0 Å². The number of nitrogens with one attached hydrogen (secondary N) is 3. The van der Waals surface area contributed by atoms with Crippen molar-refractivity contribution in [2.75, 3.05) is 18.2 Å². The van der Waals surface area contributed by atoms with Crippen LogP contribution in [0.5, 0.6) is 0 Å². The fraction of sp³-hybridized carbons (Fsp3) is 0.118. The number of aromatic nitrogens is 2. The molecule has 0 atom stereocenters. The Morgan fingerprint density at radius 2 is 1.71 bits per heavy atom. The van der Waals surface area contributed by atoms with Crippen molar-refractivity contribution in [3.63, 3.8) is 0 Å². The predicted octanol–water partition coefficient (Wildman–Crippen LogP) is 1.82. The first-order valence-corrected chi connectivity index (χ1v) is 10.5. The molecule has 2 aromatic carbocycles. The molecule has 3 N–H and O–H groups in total. The van der Waals surface area contributed by atoms with E-state index >= 15 is 0 Å². The minimum Gasteiger partial charge on any atom is -0.452 e. The molecule has 9 nitrogen and oxygen atoms in total. The monoisotopic (exact) mass is 467 g/mol. The molecule has 1 amide bonds. The van der Waals surface area contributed by atoms with Gasteiger partial charge in [0.05, 0.1) is 27.2 Å². The number of halogens is 1. The highest BCUT2D eigenvalue weighted by molar-refractivity contribution is 9.10. The minimum atomic E-state index is -3.37. The molecule has 11 heteroatoms. The molecule has 0 aliphatic heterocycles. The lowest BCUT2D eigenvalue weighted by molar-refractivity contribution is -0.119. The van der Waals surface area contributed by atoms with Crippen LogP contribution in [0.25, 0.3) is 11.0 Å². The number of esters is 1. The summed E-state index contributed by atoms with van der Waals surface area (Å²) in [5.41, 5.74) is 1.21. The molecule has 0 aliphatic rings. The Bertz CT molecular complexity index is 1230. The summed E-state index contributed by atoms with van der Waals surface area (Å²) in [6.07, 6.45) is 1.06. The first-order valence-electron chi connectivity index (χ1n) is 7.82. The van der Waals surface area contributed by atoms with E-state index in [1.54, 1.807) is 12.1 Å². The number of anilines is 1. The van der Waals surface area contributed by atoms with Gasteiger partial charge in [-0.15, -0.1) is 0 Å². The molecule has 0 bridgehead atoms. The number of fused-ring (bicyclic) bond motifs is 1. The zero-order chi connectivity index (χ0) is 20.5. The lowest BCUT2D eigenvalue weighted by Crippen LogP contribution is -2.21. The van der Waals surface area contributed by atoms with Crippen molar-refractivity contribution >= 4 is 54.4 Å². The van der Waals surface area contributed by atoms with Crippen LogP contribution in [0.1, 0.15) is 10.4 Å². The second-order valence-electron chi connectivity index (χ2n) is 5.88. The van der Waals surface area contributed by atoms with Gasteiger partial charge in [-0.1, -0.05) is 0 Å². The number of carbonyl (C=O) groups is 2. The SMILES string of the molecule is CS(=O)(=O)c1ccc(C(=O)OCC(=O)Nc2cc3[nH]c(=O)[nH]c3cc2Br)cc1. The van der Waals surface area contributed by atoms with Gasteiger partial charge in [0.15, 0.2) is 16.4 Å². The second-order valence-corrected chi connectivity index (χ2v) is 8.75. The summed E-state index contributed by atoms with van der Waals surface area (Å²) in [5, 5.41) is 2.57. The molecule has 1 aromatic heterocycles. The van der Waals surface area contributed by atoms with Gasteiger partial charge in [0.25, 0.3) is 5.91 Å². The van der Waals surface area contributed by atoms with Gasteiger partial charge in [-0.3, -0.25) is 4.79 Å². The molecule has 0 saturated carbocycles. The zero-order valence-electron chi connectivity index (χ0n) is 14.4. The number of aromatic amines is 2. The third-order valence-corrected chi connectivity index (χ3v) is 5.51. The van der Waals surface area contributed by atoms with Crippen molar-refractivity contribution in [3.05, 3.63) is 56.9 Å². The van der Waals surface area contributed by atoms with Crippen molar-refractivity contribution in [2.45, 2.75) is 4.90 Å². The first kappa shape index (κ1) is 19.8. The molecule has 146 valence electrons. The van der Waals surface area contributed by atoms with Crippen LogP contribution < -0.4 is 11.0 Å². The van der Waals surface area contributed by atoms with Gasteiger partial charge in [-0.05, 0) is 52.3 Å². The van der Waals surface area contributed by atoms with Crippen LogP contribution in [-0.2, 0) is 19.4 Å². The van der Waals surface area contributed by atoms with Gasteiger partial charge in [0.1, 0.15) is 0 Å². The third-order valence-electron chi connectivity index (χ3n) is 3.73. The van der Waals surface area contributed by atoms with Crippen molar-refractivity contribution in [1.82, 2.24) is 9.97 Å². The molecule has 1 heterocycles. The van der Waals surface area contributed by atoms with Crippen LogP contribution in [0.4, 0.5) is 5.69 Å². The molecule has 3 rings (SSSR count). The number of ether oxygens (including phenoxy) is 1. The van der Waals surface area contributed by atoms with Crippen LogP contribution in [0.3, 0.4) is 0 Å². The number of amides is 1. The van der Waals surface area contributed by atoms with Crippen LogP contribution in [0.2, 0.25) is 0 Å². The van der Waals surface area contributed by atoms with E-state index in [9.17, 15) is 22.8 Å². The summed E-state index contributed by atoms with van der Waals surface area (Å²) in [7, 11) is -3.37. The van der Waals surface area contributed by atoms with Gasteiger partial charge in [-0.25, -0.2) is 18.0 Å². The molecule has 0 unspecified atom stereocenters. The zero-order valence-corrected chi connectivity index (χ0v) is 16.8. The van der Waals surface area contributed by atoms with Gasteiger partial charge in [0.2, 0.25) is 0 Å². The lowest BCUT2D eigenvalue weighted by Gasteiger charge is -2.09. The molecule has 0 saturated heterocycles. The highest BCUT2D eigenvalue weighted by Crippen LogP contribution is 2.26. The van der Waals surface area contributed by atoms with E-state index in [0.717, 1.165) is 6.26 Å². The number of sulfone groups is 1. The molecule has 3 aromatic rings. The molecule has 0 fully saturated rings. The highest BCUT2D eigenvalue weighted by Gasteiger charge is 2.14. The Balaban J connectivity index is 1.63. The summed E-state index contributed by atoms with van der Waals surface area (Å²) in [6, 6.07) is 8.37. The Kier molecular flexibility index (Phi) is 5.38. The minimum absolute atomic E-state index is 0.0739. The second kappa shape index (κ2) is 7.60. The van der Waals surface area contributed by atoms with Crippen LogP contribution >= 0.6 is 15.9 Å². The molecular formula is C17H14BrN3O6S. The van der Waals surface area contributed by atoms with Gasteiger partial charge in [-0.2, -0.15) is 0 Å².